The minimum absolute atomic E-state index is 0.119. The number of nitrogens with one attached hydrogen (secondary N) is 1. The molecule has 7 nitrogen and oxygen atoms in total. The van der Waals surface area contributed by atoms with Crippen LogP contribution < -0.4 is 5.32 Å². The van der Waals surface area contributed by atoms with Gasteiger partial charge in [-0.25, -0.2) is 4.98 Å². The van der Waals surface area contributed by atoms with E-state index in [1.807, 2.05) is 24.3 Å². The number of pyridine rings is 2. The molecule has 1 unspecified atom stereocenters. The van der Waals surface area contributed by atoms with E-state index in [-0.39, 0.29) is 11.3 Å². The number of carbonyl (C=O) groups is 2. The van der Waals surface area contributed by atoms with Gasteiger partial charge in [-0.05, 0) is 97.9 Å². The van der Waals surface area contributed by atoms with Crippen LogP contribution in [0.25, 0.3) is 5.65 Å². The highest BCUT2D eigenvalue weighted by molar-refractivity contribution is 5.93. The van der Waals surface area contributed by atoms with Gasteiger partial charge in [-0.1, -0.05) is 6.07 Å². The summed E-state index contributed by atoms with van der Waals surface area (Å²) in [6.45, 7) is 0.729. The summed E-state index contributed by atoms with van der Waals surface area (Å²) in [4.78, 5) is 33.9. The van der Waals surface area contributed by atoms with Crippen molar-refractivity contribution < 1.29 is 14.7 Å². The van der Waals surface area contributed by atoms with Crippen LogP contribution in [0.2, 0.25) is 0 Å². The number of hydrogen-bond acceptors (Lipinski definition) is 4. The van der Waals surface area contributed by atoms with Gasteiger partial charge in [-0.15, -0.1) is 0 Å². The molecule has 4 fully saturated rings. The van der Waals surface area contributed by atoms with Gasteiger partial charge in [0, 0.05) is 25.1 Å². The molecule has 34 heavy (non-hydrogen) atoms. The zero-order chi connectivity index (χ0) is 23.3. The number of fused-ring (bicyclic) bond motifs is 1. The molecule has 0 saturated heterocycles. The van der Waals surface area contributed by atoms with Crippen molar-refractivity contribution in [2.75, 3.05) is 6.54 Å². The van der Waals surface area contributed by atoms with Crippen LogP contribution in [0.4, 0.5) is 0 Å². The van der Waals surface area contributed by atoms with Gasteiger partial charge in [-0.3, -0.25) is 19.0 Å². The molecule has 0 aromatic carbocycles. The van der Waals surface area contributed by atoms with E-state index in [4.69, 9.17) is 0 Å². The van der Waals surface area contributed by atoms with Gasteiger partial charge in [0.05, 0.1) is 5.69 Å². The van der Waals surface area contributed by atoms with E-state index in [0.717, 1.165) is 29.9 Å². The summed E-state index contributed by atoms with van der Waals surface area (Å²) in [6, 6.07) is 9.03. The SMILES string of the molecule is O=C(NCC12CC3CC(CC(C3)C1)C2)c1cccc2nc(C(Cc3ccncc3)C(=O)O)cn12. The molecule has 4 aliphatic rings. The van der Waals surface area contributed by atoms with E-state index in [9.17, 15) is 14.7 Å². The van der Waals surface area contributed by atoms with E-state index in [2.05, 4.69) is 15.3 Å². The molecular formula is C27H30N4O3. The number of carboxylic acids is 1. The number of carboxylic acid groups (broad SMARTS) is 1. The Kier molecular flexibility index (Phi) is 5.15. The second-order valence-corrected chi connectivity index (χ2v) is 10.9. The van der Waals surface area contributed by atoms with Crippen LogP contribution in [-0.2, 0) is 11.2 Å². The molecule has 4 saturated carbocycles. The van der Waals surface area contributed by atoms with Crippen molar-refractivity contribution in [3.63, 3.8) is 0 Å². The molecule has 1 amide bonds. The fourth-order valence-corrected chi connectivity index (χ4v) is 7.32. The number of amides is 1. The van der Waals surface area contributed by atoms with E-state index in [1.54, 1.807) is 29.1 Å². The highest BCUT2D eigenvalue weighted by Crippen LogP contribution is 2.59. The second kappa shape index (κ2) is 8.22. The predicted molar refractivity (Wildman–Crippen MR) is 126 cm³/mol. The quantitative estimate of drug-likeness (QED) is 0.556. The molecule has 7 rings (SSSR count). The molecular weight excluding hydrogens is 428 g/mol. The van der Waals surface area contributed by atoms with Crippen molar-refractivity contribution in [3.05, 3.63) is 65.9 Å². The molecule has 7 heteroatoms. The van der Waals surface area contributed by atoms with Crippen LogP contribution in [0.15, 0.2) is 48.9 Å². The lowest BCUT2D eigenvalue weighted by molar-refractivity contribution is -0.138. The summed E-state index contributed by atoms with van der Waals surface area (Å²) in [5.41, 5.74) is 2.67. The zero-order valence-electron chi connectivity index (χ0n) is 19.2. The third-order valence-electron chi connectivity index (χ3n) is 8.38. The maximum Gasteiger partial charge on any atom is 0.312 e. The molecule has 3 aromatic rings. The predicted octanol–water partition coefficient (Wildman–Crippen LogP) is 4.09. The van der Waals surface area contributed by atoms with Crippen molar-refractivity contribution in [2.45, 2.75) is 50.9 Å². The number of aromatic nitrogens is 3. The molecule has 0 aliphatic heterocycles. The molecule has 3 heterocycles. The van der Waals surface area contributed by atoms with Crippen molar-refractivity contribution in [1.29, 1.82) is 0 Å². The molecule has 1 atom stereocenters. The largest absolute Gasteiger partial charge is 0.481 e. The summed E-state index contributed by atoms with van der Waals surface area (Å²) >= 11 is 0. The third kappa shape index (κ3) is 3.87. The van der Waals surface area contributed by atoms with Gasteiger partial charge in [0.25, 0.3) is 5.91 Å². The summed E-state index contributed by atoms with van der Waals surface area (Å²) in [5, 5.41) is 13.1. The number of rotatable bonds is 7. The summed E-state index contributed by atoms with van der Waals surface area (Å²) < 4.78 is 1.73. The van der Waals surface area contributed by atoms with Gasteiger partial charge in [0.15, 0.2) is 0 Å². The van der Waals surface area contributed by atoms with Crippen LogP contribution in [0.3, 0.4) is 0 Å². The maximum absolute atomic E-state index is 13.3. The van der Waals surface area contributed by atoms with E-state index >= 15 is 0 Å². The normalized spacial score (nSPS) is 28.2. The second-order valence-electron chi connectivity index (χ2n) is 10.9. The van der Waals surface area contributed by atoms with Gasteiger partial charge < -0.3 is 10.4 Å². The van der Waals surface area contributed by atoms with Crippen molar-refractivity contribution in [3.8, 4) is 0 Å². The minimum atomic E-state index is -0.937. The van der Waals surface area contributed by atoms with Crippen molar-refractivity contribution in [2.24, 2.45) is 23.2 Å². The fraction of sp³-hybridized carbons (Fsp3) is 0.481. The van der Waals surface area contributed by atoms with Gasteiger partial charge >= 0.3 is 5.97 Å². The lowest BCUT2D eigenvalue weighted by atomic mass is 9.49. The Labute approximate surface area is 198 Å². The van der Waals surface area contributed by atoms with E-state index in [1.165, 1.54) is 38.5 Å². The first kappa shape index (κ1) is 21.3. The number of hydrogen-bond donors (Lipinski definition) is 2. The topological polar surface area (TPSA) is 96.6 Å². The number of aliphatic carboxylic acids is 1. The Balaban J connectivity index is 1.23. The Morgan fingerprint density at radius 1 is 1.06 bits per heavy atom. The first-order chi connectivity index (χ1) is 16.5. The van der Waals surface area contributed by atoms with E-state index in [0.29, 0.717) is 23.5 Å². The van der Waals surface area contributed by atoms with Gasteiger partial charge in [0.2, 0.25) is 0 Å². The van der Waals surface area contributed by atoms with Crippen molar-refractivity contribution >= 4 is 17.5 Å². The minimum Gasteiger partial charge on any atom is -0.481 e. The first-order valence-electron chi connectivity index (χ1n) is 12.4. The third-order valence-corrected chi connectivity index (χ3v) is 8.38. The highest BCUT2D eigenvalue weighted by Gasteiger charge is 2.50. The molecule has 176 valence electrons. The lowest BCUT2D eigenvalue weighted by Crippen LogP contribution is -2.51. The van der Waals surface area contributed by atoms with Crippen molar-refractivity contribution in [1.82, 2.24) is 19.7 Å². The molecule has 4 aliphatic carbocycles. The summed E-state index contributed by atoms with van der Waals surface area (Å²) in [5.74, 6) is 0.674. The van der Waals surface area contributed by atoms with Crippen LogP contribution in [0.5, 0.6) is 0 Å². The molecule has 4 bridgehead atoms. The van der Waals surface area contributed by atoms with Crippen LogP contribution in [0.1, 0.15) is 66.2 Å². The Morgan fingerprint density at radius 3 is 2.38 bits per heavy atom. The monoisotopic (exact) mass is 458 g/mol. The summed E-state index contributed by atoms with van der Waals surface area (Å²) in [7, 11) is 0. The first-order valence-corrected chi connectivity index (χ1v) is 12.4. The molecule has 0 radical (unpaired) electrons. The lowest BCUT2D eigenvalue weighted by Gasteiger charge is -2.56. The van der Waals surface area contributed by atoms with Gasteiger partial charge in [0.1, 0.15) is 17.3 Å². The average Bonchev–Trinajstić information content (AvgIpc) is 3.24. The zero-order valence-corrected chi connectivity index (χ0v) is 19.2. The van der Waals surface area contributed by atoms with Crippen LogP contribution in [0, 0.1) is 23.2 Å². The average molecular weight is 459 g/mol. The fourth-order valence-electron chi connectivity index (χ4n) is 7.32. The van der Waals surface area contributed by atoms with Crippen LogP contribution >= 0.6 is 0 Å². The Hall–Kier alpha value is -3.22. The maximum atomic E-state index is 13.3. The Bertz CT molecular complexity index is 1200. The number of carbonyl (C=O) groups excluding carboxylic acids is 1. The van der Waals surface area contributed by atoms with Crippen LogP contribution in [-0.4, -0.2) is 37.9 Å². The van der Waals surface area contributed by atoms with Gasteiger partial charge in [-0.2, -0.15) is 0 Å². The standard InChI is InChI=1S/C27H30N4O3/c32-25(29-16-27-12-18-8-19(13-27)10-20(9-18)14-27)23-2-1-3-24-30-22(15-31(23)24)21(26(33)34)11-17-4-6-28-7-5-17/h1-7,15,18-21H,8-14,16H2,(H,29,32)(H,33,34). The summed E-state index contributed by atoms with van der Waals surface area (Å²) in [6.07, 6.45) is 13.2. The molecule has 0 spiro atoms. The smallest absolute Gasteiger partial charge is 0.312 e. The molecule has 2 N–H and O–H groups in total. The number of imidazole rings is 1. The highest BCUT2D eigenvalue weighted by atomic mass is 16.4. The molecule has 3 aromatic heterocycles. The van der Waals surface area contributed by atoms with E-state index < -0.39 is 11.9 Å². The Morgan fingerprint density at radius 2 is 1.74 bits per heavy atom. The number of nitrogens with zero attached hydrogens (tertiary/aromatic N) is 3.